The smallest absolute Gasteiger partial charge is 0.338 e. The molecule has 0 unspecified atom stereocenters. The summed E-state index contributed by atoms with van der Waals surface area (Å²) < 4.78 is 6.71. The van der Waals surface area contributed by atoms with Gasteiger partial charge in [-0.2, -0.15) is 0 Å². The van der Waals surface area contributed by atoms with Gasteiger partial charge in [0, 0.05) is 30.7 Å². The molecule has 1 amide bonds. The number of nitrogens with zero attached hydrogens (tertiary/aromatic N) is 2. The second kappa shape index (κ2) is 19.3. The summed E-state index contributed by atoms with van der Waals surface area (Å²) in [5.41, 5.74) is 1.29. The zero-order valence-electron chi connectivity index (χ0n) is 28.3. The van der Waals surface area contributed by atoms with E-state index in [0.29, 0.717) is 24.3 Å². The average molecular weight is 734 g/mol. The van der Waals surface area contributed by atoms with Crippen molar-refractivity contribution in [1.29, 1.82) is 0 Å². The van der Waals surface area contributed by atoms with Crippen molar-refractivity contribution in [2.24, 2.45) is 0 Å². The Morgan fingerprint density at radius 3 is 1.98 bits per heavy atom. The maximum absolute atomic E-state index is 12.8. The molecular formula is C37H47Cl3N4O5. The van der Waals surface area contributed by atoms with E-state index in [4.69, 9.17) is 39.5 Å². The van der Waals surface area contributed by atoms with Crippen LogP contribution in [0.1, 0.15) is 122 Å². The number of halogens is 3. The van der Waals surface area contributed by atoms with Crippen LogP contribution in [0.25, 0.3) is 0 Å². The lowest BCUT2D eigenvalue weighted by molar-refractivity contribution is -0.139. The largest absolute Gasteiger partial charge is 0.478 e. The number of methoxy groups -OCH3 is 1. The molecule has 266 valence electrons. The van der Waals surface area contributed by atoms with Gasteiger partial charge in [0.15, 0.2) is 5.15 Å². The highest BCUT2D eigenvalue weighted by molar-refractivity contribution is 6.39. The Morgan fingerprint density at radius 1 is 0.878 bits per heavy atom. The fourth-order valence-corrected chi connectivity index (χ4v) is 7.27. The summed E-state index contributed by atoms with van der Waals surface area (Å²) in [6, 6.07) is 11.4. The summed E-state index contributed by atoms with van der Waals surface area (Å²) in [7, 11) is 1.32. The Hall–Kier alpha value is -3.11. The minimum absolute atomic E-state index is 0.00505. The van der Waals surface area contributed by atoms with E-state index in [1.54, 1.807) is 24.3 Å². The Kier molecular flexibility index (Phi) is 15.3. The number of aromatic carboxylic acids is 1. The highest BCUT2D eigenvalue weighted by Gasteiger charge is 2.24. The molecule has 12 heteroatoms. The number of hydrogen-bond donors (Lipinski definition) is 3. The molecule has 49 heavy (non-hydrogen) atoms. The SMILES string of the molecule is C1CCC(NC2CCCCC2)CC1.CCCCc1nc(Cl)c(CC(=O)OC)n1Cc1ccc(NC(=O)c2c(Cl)ccc(Cl)c2C(=O)O)cc1. The maximum Gasteiger partial charge on any atom is 0.338 e. The quantitative estimate of drug-likeness (QED) is 0.159. The molecule has 0 aliphatic heterocycles. The number of anilines is 1. The molecule has 0 bridgehead atoms. The van der Waals surface area contributed by atoms with Crippen LogP contribution >= 0.6 is 34.8 Å². The number of carbonyl (C=O) groups is 3. The van der Waals surface area contributed by atoms with Gasteiger partial charge < -0.3 is 25.0 Å². The van der Waals surface area contributed by atoms with Crippen LogP contribution in [-0.4, -0.2) is 51.7 Å². The summed E-state index contributed by atoms with van der Waals surface area (Å²) in [6.45, 7) is 2.48. The zero-order chi connectivity index (χ0) is 35.3. The van der Waals surface area contributed by atoms with Crippen molar-refractivity contribution in [3.05, 3.63) is 79.8 Å². The lowest BCUT2D eigenvalue weighted by Gasteiger charge is -2.30. The molecule has 2 fully saturated rings. The summed E-state index contributed by atoms with van der Waals surface area (Å²) in [5, 5.41) is 16.1. The van der Waals surface area contributed by atoms with Crippen LogP contribution < -0.4 is 10.6 Å². The van der Waals surface area contributed by atoms with Crippen molar-refractivity contribution in [2.75, 3.05) is 12.4 Å². The van der Waals surface area contributed by atoms with E-state index in [2.05, 4.69) is 22.5 Å². The summed E-state index contributed by atoms with van der Waals surface area (Å²) in [4.78, 5) is 40.8. The number of rotatable bonds is 12. The second-order valence-electron chi connectivity index (χ2n) is 12.8. The van der Waals surface area contributed by atoms with Crippen LogP contribution in [-0.2, 0) is 28.9 Å². The molecule has 3 aromatic rings. The van der Waals surface area contributed by atoms with Crippen LogP contribution in [0.4, 0.5) is 5.69 Å². The third kappa shape index (κ3) is 11.2. The molecular weight excluding hydrogens is 687 g/mol. The van der Waals surface area contributed by atoms with Crippen molar-refractivity contribution in [3.8, 4) is 0 Å². The second-order valence-corrected chi connectivity index (χ2v) is 14.0. The first kappa shape index (κ1) is 38.7. The predicted molar refractivity (Wildman–Crippen MR) is 195 cm³/mol. The van der Waals surface area contributed by atoms with Gasteiger partial charge in [-0.3, -0.25) is 9.59 Å². The molecule has 3 N–H and O–H groups in total. The lowest BCUT2D eigenvalue weighted by atomic mass is 9.91. The molecule has 1 aromatic heterocycles. The van der Waals surface area contributed by atoms with Crippen molar-refractivity contribution < 1.29 is 24.2 Å². The summed E-state index contributed by atoms with van der Waals surface area (Å²) >= 11 is 18.4. The maximum atomic E-state index is 12.8. The number of imidazole rings is 1. The van der Waals surface area contributed by atoms with Gasteiger partial charge in [-0.05, 0) is 61.9 Å². The third-order valence-corrected chi connectivity index (χ3v) is 10.1. The average Bonchev–Trinajstić information content (AvgIpc) is 3.38. The standard InChI is InChI=1S/C25H24Cl3N3O5.C12H23N/c1-3-4-5-19-30-23(28)18(12-20(32)36-2)31(19)13-14-6-8-15(9-7-14)29-24(33)21-16(26)10-11-17(27)22(21)25(34)35;1-3-7-11(8-4-1)13-12-9-5-2-6-10-12/h6-11H,3-5,12-13H2,1-2H3,(H,29,33)(H,34,35);11-13H,1-10H2. The molecule has 0 saturated heterocycles. The predicted octanol–water partition coefficient (Wildman–Crippen LogP) is 9.14. The van der Waals surface area contributed by atoms with Crippen molar-refractivity contribution >= 4 is 58.3 Å². The first-order valence-corrected chi connectivity index (χ1v) is 18.4. The Labute approximate surface area is 304 Å². The number of esters is 1. The van der Waals surface area contributed by atoms with Gasteiger partial charge in [-0.25, -0.2) is 9.78 Å². The van der Waals surface area contributed by atoms with E-state index in [1.165, 1.54) is 83.5 Å². The van der Waals surface area contributed by atoms with E-state index < -0.39 is 17.8 Å². The van der Waals surface area contributed by atoms with Crippen molar-refractivity contribution in [1.82, 2.24) is 14.9 Å². The number of carboxylic acid groups (broad SMARTS) is 1. The fraction of sp³-hybridized carbons (Fsp3) is 0.514. The third-order valence-electron chi connectivity index (χ3n) is 9.17. The molecule has 0 atom stereocenters. The molecule has 2 saturated carbocycles. The van der Waals surface area contributed by atoms with E-state index in [9.17, 15) is 19.5 Å². The molecule has 1 heterocycles. The zero-order valence-corrected chi connectivity index (χ0v) is 30.6. The van der Waals surface area contributed by atoms with E-state index in [0.717, 1.165) is 36.3 Å². The molecule has 2 aliphatic carbocycles. The highest BCUT2D eigenvalue weighted by atomic mass is 35.5. The summed E-state index contributed by atoms with van der Waals surface area (Å²) in [5.74, 6) is -1.70. The number of aromatic nitrogens is 2. The number of unbranched alkanes of at least 4 members (excludes halogenated alkanes) is 1. The normalized spacial score (nSPS) is 15.3. The number of carboxylic acids is 1. The number of carbonyl (C=O) groups excluding carboxylic acids is 2. The minimum Gasteiger partial charge on any atom is -0.478 e. The van der Waals surface area contributed by atoms with Gasteiger partial charge in [0.1, 0.15) is 5.82 Å². The Morgan fingerprint density at radius 2 is 1.45 bits per heavy atom. The van der Waals surface area contributed by atoms with E-state index in [1.807, 2.05) is 4.57 Å². The topological polar surface area (TPSA) is 123 Å². The number of nitrogens with one attached hydrogen (secondary N) is 2. The van der Waals surface area contributed by atoms with Crippen LogP contribution in [0, 0.1) is 0 Å². The summed E-state index contributed by atoms with van der Waals surface area (Å²) in [6.07, 6.45) is 17.2. The Bertz CT molecular complexity index is 1550. The van der Waals surface area contributed by atoms with Gasteiger partial charge in [0.25, 0.3) is 5.91 Å². The van der Waals surface area contributed by atoms with Crippen LogP contribution in [0.15, 0.2) is 36.4 Å². The molecule has 5 rings (SSSR count). The molecule has 9 nitrogen and oxygen atoms in total. The van der Waals surface area contributed by atoms with E-state index in [-0.39, 0.29) is 32.7 Å². The highest BCUT2D eigenvalue weighted by Crippen LogP contribution is 2.29. The van der Waals surface area contributed by atoms with Crippen LogP contribution in [0.3, 0.4) is 0 Å². The number of aryl methyl sites for hydroxylation is 1. The Balaban J connectivity index is 0.000000344. The number of hydrogen-bond acceptors (Lipinski definition) is 6. The number of ether oxygens (including phenoxy) is 1. The van der Waals surface area contributed by atoms with Crippen LogP contribution in [0.2, 0.25) is 15.2 Å². The van der Waals surface area contributed by atoms with Gasteiger partial charge in [-0.1, -0.05) is 98.8 Å². The van der Waals surface area contributed by atoms with Crippen LogP contribution in [0.5, 0.6) is 0 Å². The fourth-order valence-electron chi connectivity index (χ4n) is 6.52. The molecule has 0 spiro atoms. The van der Waals surface area contributed by atoms with Gasteiger partial charge in [-0.15, -0.1) is 0 Å². The van der Waals surface area contributed by atoms with Gasteiger partial charge in [0.05, 0.1) is 40.4 Å². The van der Waals surface area contributed by atoms with Crippen molar-refractivity contribution in [3.63, 3.8) is 0 Å². The number of benzene rings is 2. The minimum atomic E-state index is -1.36. The molecule has 0 radical (unpaired) electrons. The van der Waals surface area contributed by atoms with E-state index >= 15 is 0 Å². The first-order valence-electron chi connectivity index (χ1n) is 17.3. The van der Waals surface area contributed by atoms with Crippen molar-refractivity contribution in [2.45, 2.75) is 115 Å². The lowest BCUT2D eigenvalue weighted by Crippen LogP contribution is -2.40. The first-order chi connectivity index (χ1) is 23.6. The van der Waals surface area contributed by atoms with Gasteiger partial charge in [0.2, 0.25) is 0 Å². The monoisotopic (exact) mass is 732 g/mol. The van der Waals surface area contributed by atoms with Gasteiger partial charge >= 0.3 is 11.9 Å². The number of amides is 1. The molecule has 2 aliphatic rings. The molecule has 2 aromatic carbocycles.